The van der Waals surface area contributed by atoms with E-state index in [4.69, 9.17) is 0 Å². The Balaban J connectivity index is -0.00000180. The maximum absolute atomic E-state index is 10.8. The van der Waals surface area contributed by atoms with Gasteiger partial charge in [0, 0.05) is 67.7 Å². The molecule has 0 fully saturated rings. The van der Waals surface area contributed by atoms with Crippen LogP contribution in [0.15, 0.2) is 0 Å². The number of hydrogen-bond acceptors (Lipinski definition) is 10. The molecule has 2 N–H and O–H groups in total. The van der Waals surface area contributed by atoms with Crippen molar-refractivity contribution in [3.05, 3.63) is 0 Å². The van der Waals surface area contributed by atoms with Gasteiger partial charge in [0.15, 0.2) is 0 Å². The second-order valence-corrected chi connectivity index (χ2v) is 3.44. The summed E-state index contributed by atoms with van der Waals surface area (Å²) in [5.74, 6) is -2.90. The fourth-order valence-electron chi connectivity index (χ4n) is 0.957. The molecule has 11 nitrogen and oxygen atoms in total. The van der Waals surface area contributed by atoms with E-state index in [1.54, 1.807) is 0 Å². The van der Waals surface area contributed by atoms with Gasteiger partial charge < -0.3 is 24.8 Å². The van der Waals surface area contributed by atoms with E-state index < -0.39 is 23.9 Å². The van der Waals surface area contributed by atoms with E-state index in [9.17, 15) is 19.2 Å². The molecule has 22 heavy (non-hydrogen) atoms. The van der Waals surface area contributed by atoms with Gasteiger partial charge >= 0.3 is 23.9 Å². The van der Waals surface area contributed by atoms with Gasteiger partial charge in [-0.15, -0.1) is 0 Å². The molecule has 0 unspecified atom stereocenters. The van der Waals surface area contributed by atoms with E-state index in [0.29, 0.717) is 10.5 Å². The first-order valence-corrected chi connectivity index (χ1v) is 5.50. The summed E-state index contributed by atoms with van der Waals surface area (Å²) in [6, 6.07) is 0. The van der Waals surface area contributed by atoms with E-state index in [-0.39, 0.29) is 48.1 Å². The molecule has 0 aromatic rings. The summed E-state index contributed by atoms with van der Waals surface area (Å²) in [6.07, 6.45) is 0. The van der Waals surface area contributed by atoms with Crippen LogP contribution in [0, 0.1) is 0 Å². The monoisotopic (exact) mass is 333 g/mol. The minimum Gasteiger partial charge on any atom is -0.412 e. The first-order valence-electron chi connectivity index (χ1n) is 5.50. The van der Waals surface area contributed by atoms with Gasteiger partial charge in [-0.1, -0.05) is 0 Å². The van der Waals surface area contributed by atoms with Gasteiger partial charge in [0.05, 0.1) is 13.1 Å². The molecule has 0 aromatic carbocycles. The zero-order valence-electron chi connectivity index (χ0n) is 13.1. The number of hydrogen-bond donors (Lipinski definition) is 0. The molecule has 0 heterocycles. The maximum Gasteiger partial charge on any atom is 0.326 e. The van der Waals surface area contributed by atoms with Crippen LogP contribution in [0.5, 0.6) is 0 Å². The molecule has 0 aliphatic rings. The van der Waals surface area contributed by atoms with Gasteiger partial charge in [-0.2, -0.15) is 0 Å². The van der Waals surface area contributed by atoms with Crippen molar-refractivity contribution in [2.75, 3.05) is 13.1 Å². The van der Waals surface area contributed by atoms with Gasteiger partial charge in [-0.3, -0.25) is 19.2 Å². The molecular formula is C10H18N2NaO9. The topological polar surface area (TPSA) is 143 Å². The molecule has 0 aliphatic heterocycles. The Bertz CT molecular complexity index is 323. The van der Waals surface area contributed by atoms with Crippen LogP contribution in [0.25, 0.3) is 0 Å². The van der Waals surface area contributed by atoms with Crippen LogP contribution in [0.2, 0.25) is 0 Å². The summed E-state index contributed by atoms with van der Waals surface area (Å²) in [7, 11) is 0. The van der Waals surface area contributed by atoms with Crippen molar-refractivity contribution in [3.63, 3.8) is 0 Å². The summed E-state index contributed by atoms with van der Waals surface area (Å²) >= 11 is 0. The van der Waals surface area contributed by atoms with Crippen molar-refractivity contribution in [2.24, 2.45) is 0 Å². The first kappa shape index (κ1) is 25.7. The molecule has 0 bridgehead atoms. The van der Waals surface area contributed by atoms with Crippen LogP contribution in [0.3, 0.4) is 0 Å². The average Bonchev–Trinajstić information content (AvgIpc) is 2.22. The number of hydroxylamine groups is 4. The normalized spacial score (nSPS) is 9.18. The molecule has 0 rings (SSSR count). The average molecular weight is 333 g/mol. The van der Waals surface area contributed by atoms with Crippen molar-refractivity contribution >= 4 is 53.4 Å². The zero-order chi connectivity index (χ0) is 15.7. The fraction of sp³-hybridized carbons (Fsp3) is 0.600. The third kappa shape index (κ3) is 15.2. The number of nitrogens with zero attached hydrogens (tertiary/aromatic N) is 2. The van der Waals surface area contributed by atoms with E-state index in [2.05, 4.69) is 19.4 Å². The van der Waals surface area contributed by atoms with Crippen LogP contribution in [-0.4, -0.2) is 82.5 Å². The molecule has 12 heteroatoms. The minimum atomic E-state index is -0.724. The predicted octanol–water partition coefficient (Wildman–Crippen LogP) is -1.70. The number of carbonyl (C=O) groups is 4. The molecule has 0 saturated heterocycles. The smallest absolute Gasteiger partial charge is 0.326 e. The van der Waals surface area contributed by atoms with E-state index in [1.807, 2.05) is 0 Å². The molecule has 0 spiro atoms. The first-order chi connectivity index (χ1) is 9.20. The van der Waals surface area contributed by atoms with E-state index in [1.165, 1.54) is 0 Å². The van der Waals surface area contributed by atoms with Crippen molar-refractivity contribution < 1.29 is 44.0 Å². The van der Waals surface area contributed by atoms with Gasteiger partial charge in [0.1, 0.15) is 0 Å². The van der Waals surface area contributed by atoms with Crippen LogP contribution in [-0.2, 0) is 38.5 Å². The third-order valence-corrected chi connectivity index (χ3v) is 1.39. The maximum atomic E-state index is 10.8. The van der Waals surface area contributed by atoms with Crippen molar-refractivity contribution in [1.29, 1.82) is 0 Å². The SMILES string of the molecule is CC(=O)ON(CCN(OC(C)=O)OC(C)=O)OC(C)=O.O.[Na]. The van der Waals surface area contributed by atoms with E-state index in [0.717, 1.165) is 27.7 Å². The summed E-state index contributed by atoms with van der Waals surface area (Å²) in [4.78, 5) is 61.4. The largest absolute Gasteiger partial charge is 0.412 e. The Morgan fingerprint density at radius 3 is 0.955 bits per heavy atom. The van der Waals surface area contributed by atoms with Gasteiger partial charge in [-0.25, -0.2) is 0 Å². The summed E-state index contributed by atoms with van der Waals surface area (Å²) < 4.78 is 0. The molecule has 0 aromatic heterocycles. The molecular weight excluding hydrogens is 315 g/mol. The summed E-state index contributed by atoms with van der Waals surface area (Å²) in [5, 5.41) is 1.15. The standard InChI is InChI=1S/C10H16N2O8.Na.H2O/c1-7(13)17-11(18-8(2)14)5-6-12(19-9(3)15)20-10(4)16;;/h5-6H2,1-4H3;;1H2. The second-order valence-electron chi connectivity index (χ2n) is 3.44. The molecule has 0 atom stereocenters. The van der Waals surface area contributed by atoms with Crippen molar-refractivity contribution in [3.8, 4) is 0 Å². The molecule has 1 radical (unpaired) electrons. The Kier molecular flexibility index (Phi) is 15.7. The zero-order valence-corrected chi connectivity index (χ0v) is 15.1. The Morgan fingerprint density at radius 1 is 0.636 bits per heavy atom. The third-order valence-electron chi connectivity index (χ3n) is 1.39. The van der Waals surface area contributed by atoms with Gasteiger partial charge in [-0.05, 0) is 0 Å². The molecule has 123 valence electrons. The number of carbonyl (C=O) groups excluding carboxylic acids is 4. The van der Waals surface area contributed by atoms with Crippen LogP contribution >= 0.6 is 0 Å². The van der Waals surface area contributed by atoms with Crippen molar-refractivity contribution in [1.82, 2.24) is 10.5 Å². The second kappa shape index (κ2) is 13.4. The van der Waals surface area contributed by atoms with E-state index >= 15 is 0 Å². The molecule has 0 aliphatic carbocycles. The predicted molar refractivity (Wildman–Crippen MR) is 69.8 cm³/mol. The number of rotatable bonds is 7. The summed E-state index contributed by atoms with van der Waals surface area (Å²) in [5.41, 5.74) is 0. The van der Waals surface area contributed by atoms with Gasteiger partial charge in [0.2, 0.25) is 0 Å². The Hall–Kier alpha value is -1.24. The van der Waals surface area contributed by atoms with Crippen LogP contribution in [0.1, 0.15) is 27.7 Å². The van der Waals surface area contributed by atoms with Crippen molar-refractivity contribution in [2.45, 2.75) is 27.7 Å². The van der Waals surface area contributed by atoms with Crippen LogP contribution < -0.4 is 0 Å². The van der Waals surface area contributed by atoms with Gasteiger partial charge in [0.25, 0.3) is 0 Å². The molecule has 0 saturated carbocycles. The molecule has 0 amide bonds. The Morgan fingerprint density at radius 2 is 0.818 bits per heavy atom. The minimum absolute atomic E-state index is 0. The van der Waals surface area contributed by atoms with Crippen LogP contribution in [0.4, 0.5) is 0 Å². The fourth-order valence-corrected chi connectivity index (χ4v) is 0.957. The quantitative estimate of drug-likeness (QED) is 0.390. The summed E-state index contributed by atoms with van der Waals surface area (Å²) in [6.45, 7) is 3.97. The Labute approximate surface area is 148 Å².